The zero-order chi connectivity index (χ0) is 21.8. The molecule has 8 heteroatoms. The Bertz CT molecular complexity index is 900. The summed E-state index contributed by atoms with van der Waals surface area (Å²) >= 11 is 12.2. The lowest BCUT2D eigenvalue weighted by molar-refractivity contribution is -0.0586. The summed E-state index contributed by atoms with van der Waals surface area (Å²) in [5, 5.41) is 3.36. The molecule has 2 unspecified atom stereocenters. The summed E-state index contributed by atoms with van der Waals surface area (Å²) in [5.41, 5.74) is 1.82. The summed E-state index contributed by atoms with van der Waals surface area (Å²) in [4.78, 5) is 27.0. The number of rotatable bonds is 5. The van der Waals surface area contributed by atoms with Crippen LogP contribution in [0.25, 0.3) is 0 Å². The van der Waals surface area contributed by atoms with Gasteiger partial charge in [0.2, 0.25) is 0 Å². The molecule has 0 bridgehead atoms. The second-order valence-electron chi connectivity index (χ2n) is 7.32. The van der Waals surface area contributed by atoms with Crippen LogP contribution in [0.2, 0.25) is 10.0 Å². The van der Waals surface area contributed by atoms with E-state index >= 15 is 0 Å². The van der Waals surface area contributed by atoms with Crippen molar-refractivity contribution in [2.75, 3.05) is 20.2 Å². The lowest BCUT2D eigenvalue weighted by atomic mass is 10.1. The molecular formula is C22H24Cl2N2O4. The summed E-state index contributed by atoms with van der Waals surface area (Å²) < 4.78 is 10.8. The Balaban J connectivity index is 1.61. The predicted molar refractivity (Wildman–Crippen MR) is 117 cm³/mol. The first kappa shape index (κ1) is 22.4. The Morgan fingerprint density at radius 1 is 1.07 bits per heavy atom. The van der Waals surface area contributed by atoms with E-state index in [9.17, 15) is 9.59 Å². The third-order valence-corrected chi connectivity index (χ3v) is 5.39. The Labute approximate surface area is 186 Å². The van der Waals surface area contributed by atoms with E-state index in [2.05, 4.69) is 5.32 Å². The normalized spacial score (nSPS) is 18.8. The first-order valence-electron chi connectivity index (χ1n) is 9.63. The smallest absolute Gasteiger partial charge is 0.254 e. The van der Waals surface area contributed by atoms with Gasteiger partial charge in [0, 0.05) is 30.8 Å². The van der Waals surface area contributed by atoms with E-state index < -0.39 is 0 Å². The lowest BCUT2D eigenvalue weighted by Gasteiger charge is -2.35. The molecule has 30 heavy (non-hydrogen) atoms. The van der Waals surface area contributed by atoms with Gasteiger partial charge in [-0.1, -0.05) is 35.3 Å². The van der Waals surface area contributed by atoms with Crippen LogP contribution in [0.3, 0.4) is 0 Å². The zero-order valence-corrected chi connectivity index (χ0v) is 18.6. The topological polar surface area (TPSA) is 67.9 Å². The summed E-state index contributed by atoms with van der Waals surface area (Å²) in [6.45, 7) is 5.39. The molecule has 1 fully saturated rings. The fourth-order valence-electron chi connectivity index (χ4n) is 3.46. The number of nitrogens with zero attached hydrogens (tertiary/aromatic N) is 1. The van der Waals surface area contributed by atoms with Gasteiger partial charge >= 0.3 is 0 Å². The van der Waals surface area contributed by atoms with Crippen LogP contribution in [0.15, 0.2) is 36.4 Å². The molecule has 1 N–H and O–H groups in total. The van der Waals surface area contributed by atoms with E-state index in [0.717, 1.165) is 5.56 Å². The summed E-state index contributed by atoms with van der Waals surface area (Å²) in [6.07, 6.45) is 0.0410. The molecule has 0 aromatic heterocycles. The minimum atomic E-state index is -0.308. The van der Waals surface area contributed by atoms with Gasteiger partial charge in [0.15, 0.2) is 5.75 Å². The molecule has 1 heterocycles. The first-order valence-corrected chi connectivity index (χ1v) is 10.4. The van der Waals surface area contributed by atoms with E-state index in [-0.39, 0.29) is 34.1 Å². The van der Waals surface area contributed by atoms with E-state index in [1.807, 2.05) is 30.9 Å². The van der Waals surface area contributed by atoms with Crippen LogP contribution in [0.5, 0.6) is 5.75 Å². The van der Waals surface area contributed by atoms with Gasteiger partial charge in [-0.05, 0) is 43.7 Å². The summed E-state index contributed by atoms with van der Waals surface area (Å²) in [6, 6.07) is 10.2. The number of benzene rings is 2. The molecule has 2 aromatic rings. The molecule has 0 radical (unpaired) electrons. The van der Waals surface area contributed by atoms with Crippen molar-refractivity contribution in [2.24, 2.45) is 0 Å². The molecule has 160 valence electrons. The minimum Gasteiger partial charge on any atom is -0.494 e. The highest BCUT2D eigenvalue weighted by Crippen LogP contribution is 2.33. The molecule has 0 aliphatic carbocycles. The number of nitrogens with one attached hydrogen (secondary N) is 1. The second-order valence-corrected chi connectivity index (χ2v) is 8.13. The maximum atomic E-state index is 12.7. The first-order chi connectivity index (χ1) is 14.3. The molecule has 1 aliphatic heterocycles. The third kappa shape index (κ3) is 5.25. The third-order valence-electron chi connectivity index (χ3n) is 4.83. The van der Waals surface area contributed by atoms with Gasteiger partial charge in [0.25, 0.3) is 11.8 Å². The number of amides is 2. The summed E-state index contributed by atoms with van der Waals surface area (Å²) in [5.74, 6) is 0.00666. The maximum absolute atomic E-state index is 12.7. The van der Waals surface area contributed by atoms with Crippen molar-refractivity contribution in [3.05, 3.63) is 63.1 Å². The van der Waals surface area contributed by atoms with Gasteiger partial charge in [-0.2, -0.15) is 0 Å². The van der Waals surface area contributed by atoms with Gasteiger partial charge in [-0.3, -0.25) is 9.59 Å². The van der Waals surface area contributed by atoms with Crippen LogP contribution >= 0.6 is 23.2 Å². The zero-order valence-electron chi connectivity index (χ0n) is 17.1. The average Bonchev–Trinajstić information content (AvgIpc) is 2.71. The molecule has 1 aliphatic rings. The van der Waals surface area contributed by atoms with Crippen LogP contribution in [0, 0.1) is 0 Å². The molecule has 0 spiro atoms. The quantitative estimate of drug-likeness (QED) is 0.741. The van der Waals surface area contributed by atoms with Crippen molar-refractivity contribution < 1.29 is 19.1 Å². The number of hydrogen-bond acceptors (Lipinski definition) is 4. The van der Waals surface area contributed by atoms with Crippen molar-refractivity contribution in [3.8, 4) is 5.75 Å². The average molecular weight is 451 g/mol. The number of carbonyl (C=O) groups excluding carboxylic acids is 2. The van der Waals surface area contributed by atoms with Crippen molar-refractivity contribution in [1.29, 1.82) is 0 Å². The molecule has 0 saturated carbocycles. The van der Waals surface area contributed by atoms with E-state index in [4.69, 9.17) is 32.7 Å². The highest BCUT2D eigenvalue weighted by molar-refractivity contribution is 6.37. The number of carbonyl (C=O) groups is 2. The second kappa shape index (κ2) is 9.69. The van der Waals surface area contributed by atoms with Gasteiger partial charge in [0.1, 0.15) is 0 Å². The van der Waals surface area contributed by atoms with Crippen molar-refractivity contribution in [2.45, 2.75) is 32.6 Å². The fourth-order valence-corrected chi connectivity index (χ4v) is 4.10. The van der Waals surface area contributed by atoms with Crippen LogP contribution in [-0.4, -0.2) is 49.1 Å². The largest absolute Gasteiger partial charge is 0.494 e. The van der Waals surface area contributed by atoms with Gasteiger partial charge in [-0.25, -0.2) is 0 Å². The lowest BCUT2D eigenvalue weighted by Crippen LogP contribution is -2.48. The molecule has 3 rings (SSSR count). The fraction of sp³-hybridized carbons (Fsp3) is 0.364. The predicted octanol–water partition coefficient (Wildman–Crippen LogP) is 4.18. The molecule has 2 atom stereocenters. The van der Waals surface area contributed by atoms with Gasteiger partial charge in [0.05, 0.1) is 29.4 Å². The maximum Gasteiger partial charge on any atom is 0.254 e. The van der Waals surface area contributed by atoms with Crippen LogP contribution in [-0.2, 0) is 11.3 Å². The number of hydrogen-bond donors (Lipinski definition) is 1. The molecule has 2 amide bonds. The molecule has 6 nitrogen and oxygen atoms in total. The Hall–Kier alpha value is -2.28. The molecular weight excluding hydrogens is 427 g/mol. The molecule has 1 saturated heterocycles. The number of methoxy groups -OCH3 is 1. The van der Waals surface area contributed by atoms with E-state index in [1.165, 1.54) is 19.2 Å². The van der Waals surface area contributed by atoms with Crippen molar-refractivity contribution >= 4 is 35.0 Å². The van der Waals surface area contributed by atoms with E-state index in [0.29, 0.717) is 36.5 Å². The van der Waals surface area contributed by atoms with Gasteiger partial charge < -0.3 is 19.7 Å². The standard InChI is InChI=1S/C22H24Cl2N2O4/c1-13-11-26(12-14(2)30-13)22(28)16-6-4-15(5-7-16)10-25-21(27)17-8-18(23)20(29-3)19(24)9-17/h4-9,13-14H,10-12H2,1-3H3,(H,25,27). The van der Waals surface area contributed by atoms with Gasteiger partial charge in [-0.15, -0.1) is 0 Å². The molecule has 2 aromatic carbocycles. The SMILES string of the molecule is COc1c(Cl)cc(C(=O)NCc2ccc(C(=O)N3CC(C)OC(C)C3)cc2)cc1Cl. The minimum absolute atomic E-state index is 0.0184. The van der Waals surface area contributed by atoms with Crippen molar-refractivity contribution in [3.63, 3.8) is 0 Å². The Morgan fingerprint density at radius 3 is 2.17 bits per heavy atom. The van der Waals surface area contributed by atoms with Crippen molar-refractivity contribution in [1.82, 2.24) is 10.2 Å². The Morgan fingerprint density at radius 2 is 1.63 bits per heavy atom. The highest BCUT2D eigenvalue weighted by atomic mass is 35.5. The number of halogens is 2. The van der Waals surface area contributed by atoms with Crippen LogP contribution < -0.4 is 10.1 Å². The number of ether oxygens (including phenoxy) is 2. The number of morpholine rings is 1. The van der Waals surface area contributed by atoms with E-state index in [1.54, 1.807) is 12.1 Å². The highest BCUT2D eigenvalue weighted by Gasteiger charge is 2.26. The van der Waals surface area contributed by atoms with Crippen LogP contribution in [0.1, 0.15) is 40.1 Å². The van der Waals surface area contributed by atoms with Crippen LogP contribution in [0.4, 0.5) is 0 Å². The monoisotopic (exact) mass is 450 g/mol. The Kier molecular flexibility index (Phi) is 7.23. The summed E-state index contributed by atoms with van der Waals surface area (Å²) in [7, 11) is 1.46.